The van der Waals surface area contributed by atoms with Crippen molar-refractivity contribution >= 4 is 50.9 Å². The van der Waals surface area contributed by atoms with Crippen LogP contribution in [0.5, 0.6) is 0 Å². The molecule has 8 N–H and O–H groups in total. The molecule has 0 saturated carbocycles. The van der Waals surface area contributed by atoms with E-state index in [1.54, 1.807) is 18.2 Å². The zero-order chi connectivity index (χ0) is 25.5. The standard InChI is InChI=1S/C26H22ClN9O/c27-22-21(14-6-8-16-19(12-14)34-35-23(16)28)31-25(32-22)20(10-13-4-2-1-3-5-13)30-26(37)15-7-9-18-17(11-15)24(29)36-33-18/h1-9,11-12,20H,10H2,(H,30,37)(H,31,32)(H3,28,34,35)(H3,29,33,36). The fourth-order valence-corrected chi connectivity index (χ4v) is 4.64. The number of carbonyl (C=O) groups excluding carboxylic acids is 1. The molecule has 184 valence electrons. The molecule has 1 amide bonds. The predicted molar refractivity (Wildman–Crippen MR) is 144 cm³/mol. The molecule has 0 radical (unpaired) electrons. The van der Waals surface area contributed by atoms with Gasteiger partial charge in [0.25, 0.3) is 5.91 Å². The number of amides is 1. The van der Waals surface area contributed by atoms with Gasteiger partial charge in [-0.1, -0.05) is 48.0 Å². The summed E-state index contributed by atoms with van der Waals surface area (Å²) in [6.45, 7) is 0. The highest BCUT2D eigenvalue weighted by Gasteiger charge is 2.23. The number of aromatic nitrogens is 6. The zero-order valence-corrected chi connectivity index (χ0v) is 20.2. The Hall–Kier alpha value is -4.83. The van der Waals surface area contributed by atoms with Gasteiger partial charge in [-0.15, -0.1) is 0 Å². The third-order valence-electron chi connectivity index (χ3n) is 6.32. The molecular formula is C26H22ClN9O. The summed E-state index contributed by atoms with van der Waals surface area (Å²) in [5.74, 6) is 1.03. The molecule has 11 heteroatoms. The quantitative estimate of drug-likeness (QED) is 0.194. The number of aromatic amines is 3. The van der Waals surface area contributed by atoms with Gasteiger partial charge in [-0.2, -0.15) is 10.2 Å². The minimum atomic E-state index is -0.481. The molecule has 0 aliphatic rings. The molecule has 0 fully saturated rings. The summed E-state index contributed by atoms with van der Waals surface area (Å²) >= 11 is 6.60. The largest absolute Gasteiger partial charge is 0.382 e. The van der Waals surface area contributed by atoms with Gasteiger partial charge in [0.1, 0.15) is 16.7 Å². The number of nitrogens with two attached hydrogens (primary N) is 2. The van der Waals surface area contributed by atoms with Gasteiger partial charge in [0.15, 0.2) is 11.6 Å². The number of hydrogen-bond acceptors (Lipinski definition) is 6. The van der Waals surface area contributed by atoms with Gasteiger partial charge in [0.2, 0.25) is 0 Å². The summed E-state index contributed by atoms with van der Waals surface area (Å²) in [6.07, 6.45) is 0.502. The fraction of sp³-hybridized carbons (Fsp3) is 0.0769. The Labute approximate surface area is 215 Å². The number of H-pyrrole nitrogens is 3. The summed E-state index contributed by atoms with van der Waals surface area (Å²) < 4.78 is 0. The summed E-state index contributed by atoms with van der Waals surface area (Å²) in [4.78, 5) is 21.3. The van der Waals surface area contributed by atoms with Crippen molar-refractivity contribution in [1.82, 2.24) is 35.7 Å². The Balaban J connectivity index is 1.35. The van der Waals surface area contributed by atoms with Gasteiger partial charge in [0, 0.05) is 21.9 Å². The van der Waals surface area contributed by atoms with Gasteiger partial charge in [-0.25, -0.2) is 4.98 Å². The summed E-state index contributed by atoms with van der Waals surface area (Å²) in [7, 11) is 0. The van der Waals surface area contributed by atoms with Gasteiger partial charge in [-0.05, 0) is 42.3 Å². The SMILES string of the molecule is Nc1n[nH]c2cc(-c3nc(C(Cc4ccccc4)NC(=O)c4ccc5[nH]nc(N)c5c4)[nH]c3Cl)ccc12. The summed E-state index contributed by atoms with van der Waals surface area (Å²) in [5, 5.41) is 18.8. The van der Waals surface area contributed by atoms with Crippen LogP contribution in [0.4, 0.5) is 11.6 Å². The third-order valence-corrected chi connectivity index (χ3v) is 6.59. The maximum atomic E-state index is 13.3. The maximum Gasteiger partial charge on any atom is 0.251 e. The number of fused-ring (bicyclic) bond motifs is 2. The van der Waals surface area contributed by atoms with Crippen LogP contribution < -0.4 is 16.8 Å². The van der Waals surface area contributed by atoms with Crippen LogP contribution in [0.25, 0.3) is 33.1 Å². The minimum absolute atomic E-state index is 0.271. The second-order valence-corrected chi connectivity index (χ2v) is 9.12. The molecule has 0 bridgehead atoms. The number of rotatable bonds is 6. The van der Waals surface area contributed by atoms with Gasteiger partial charge in [0.05, 0.1) is 17.1 Å². The average molecular weight is 512 g/mol. The van der Waals surface area contributed by atoms with Crippen LogP contribution in [0.3, 0.4) is 0 Å². The number of nitrogens with one attached hydrogen (secondary N) is 4. The lowest BCUT2D eigenvalue weighted by Crippen LogP contribution is -2.30. The van der Waals surface area contributed by atoms with Crippen molar-refractivity contribution in [3.05, 3.63) is 88.8 Å². The maximum absolute atomic E-state index is 13.3. The van der Waals surface area contributed by atoms with Crippen LogP contribution in [-0.2, 0) is 6.42 Å². The highest BCUT2D eigenvalue weighted by Crippen LogP contribution is 2.31. The highest BCUT2D eigenvalue weighted by atomic mass is 35.5. The van der Waals surface area contributed by atoms with Crippen molar-refractivity contribution in [3.63, 3.8) is 0 Å². The number of hydrogen-bond donors (Lipinski definition) is 6. The molecule has 6 aromatic rings. The first-order valence-corrected chi connectivity index (χ1v) is 11.9. The average Bonchev–Trinajstić information content (AvgIpc) is 3.60. The van der Waals surface area contributed by atoms with E-state index in [0.29, 0.717) is 45.7 Å². The zero-order valence-electron chi connectivity index (χ0n) is 19.4. The van der Waals surface area contributed by atoms with Crippen molar-refractivity contribution < 1.29 is 4.79 Å². The van der Waals surface area contributed by atoms with Crippen molar-refractivity contribution in [2.45, 2.75) is 12.5 Å². The molecule has 0 aliphatic carbocycles. The Morgan fingerprint density at radius 3 is 2.49 bits per heavy atom. The molecule has 0 saturated heterocycles. The van der Waals surface area contributed by atoms with Crippen molar-refractivity contribution in [1.29, 1.82) is 0 Å². The smallest absolute Gasteiger partial charge is 0.251 e. The number of imidazole rings is 1. The first-order chi connectivity index (χ1) is 18.0. The second kappa shape index (κ2) is 8.99. The Kier molecular flexibility index (Phi) is 5.50. The monoisotopic (exact) mass is 511 g/mol. The van der Waals surface area contributed by atoms with Gasteiger partial charge in [-0.3, -0.25) is 15.0 Å². The van der Waals surface area contributed by atoms with Crippen LogP contribution >= 0.6 is 11.6 Å². The Bertz CT molecular complexity index is 1750. The van der Waals surface area contributed by atoms with E-state index in [-0.39, 0.29) is 5.91 Å². The molecule has 3 heterocycles. The first kappa shape index (κ1) is 22.6. The van der Waals surface area contributed by atoms with Crippen LogP contribution in [0.1, 0.15) is 27.8 Å². The lowest BCUT2D eigenvalue weighted by Gasteiger charge is -2.17. The van der Waals surface area contributed by atoms with E-state index in [0.717, 1.165) is 27.5 Å². The molecule has 0 aliphatic heterocycles. The Morgan fingerprint density at radius 1 is 0.919 bits per heavy atom. The van der Waals surface area contributed by atoms with Crippen molar-refractivity contribution in [3.8, 4) is 11.3 Å². The highest BCUT2D eigenvalue weighted by molar-refractivity contribution is 6.32. The molecule has 0 spiro atoms. The lowest BCUT2D eigenvalue weighted by molar-refractivity contribution is 0.0935. The van der Waals surface area contributed by atoms with E-state index >= 15 is 0 Å². The van der Waals surface area contributed by atoms with Gasteiger partial charge >= 0.3 is 0 Å². The van der Waals surface area contributed by atoms with Crippen LogP contribution in [0.15, 0.2) is 66.7 Å². The predicted octanol–water partition coefficient (Wildman–Crippen LogP) is 4.36. The second-order valence-electron chi connectivity index (χ2n) is 8.74. The molecule has 10 nitrogen and oxygen atoms in total. The lowest BCUT2D eigenvalue weighted by atomic mass is 10.0. The summed E-state index contributed by atoms with van der Waals surface area (Å²) in [5.41, 5.74) is 16.2. The van der Waals surface area contributed by atoms with E-state index in [2.05, 4.69) is 30.7 Å². The number of anilines is 2. The molecule has 1 unspecified atom stereocenters. The number of benzene rings is 3. The van der Waals surface area contributed by atoms with E-state index < -0.39 is 6.04 Å². The van der Waals surface area contributed by atoms with Crippen LogP contribution in [0, 0.1) is 0 Å². The number of nitrogen functional groups attached to an aromatic ring is 2. The van der Waals surface area contributed by atoms with Crippen LogP contribution in [-0.4, -0.2) is 36.3 Å². The Morgan fingerprint density at radius 2 is 1.68 bits per heavy atom. The first-order valence-electron chi connectivity index (χ1n) is 11.5. The molecule has 6 rings (SSSR count). The van der Waals surface area contributed by atoms with Crippen molar-refractivity contribution in [2.75, 3.05) is 11.5 Å². The van der Waals surface area contributed by atoms with Crippen LogP contribution in [0.2, 0.25) is 5.15 Å². The normalized spacial score (nSPS) is 12.2. The third kappa shape index (κ3) is 4.23. The molecule has 1 atom stereocenters. The number of nitrogens with zero attached hydrogens (tertiary/aromatic N) is 3. The molecule has 3 aromatic carbocycles. The number of carbonyl (C=O) groups is 1. The van der Waals surface area contributed by atoms with Gasteiger partial charge < -0.3 is 21.8 Å². The molecular weight excluding hydrogens is 490 g/mol. The van der Waals surface area contributed by atoms with E-state index in [1.165, 1.54) is 0 Å². The summed E-state index contributed by atoms with van der Waals surface area (Å²) in [6, 6.07) is 20.2. The number of halogens is 1. The topological polar surface area (TPSA) is 167 Å². The van der Waals surface area contributed by atoms with E-state index in [1.807, 2.05) is 48.5 Å². The minimum Gasteiger partial charge on any atom is -0.382 e. The fourth-order valence-electron chi connectivity index (χ4n) is 4.40. The van der Waals surface area contributed by atoms with Crippen molar-refractivity contribution in [2.24, 2.45) is 0 Å². The van der Waals surface area contributed by atoms with E-state index in [4.69, 9.17) is 28.1 Å². The van der Waals surface area contributed by atoms with E-state index in [9.17, 15) is 4.79 Å². The molecule has 3 aromatic heterocycles. The molecule has 37 heavy (non-hydrogen) atoms.